The number of nitrogens with zero attached hydrogens (tertiary/aromatic N) is 2. The third-order valence-electron chi connectivity index (χ3n) is 3.30. The number of amides is 2. The van der Waals surface area contributed by atoms with Crippen LogP contribution < -0.4 is 10.0 Å². The fraction of sp³-hybridized carbons (Fsp3) is 0.0625. The minimum absolute atomic E-state index is 0.0755. The third kappa shape index (κ3) is 3.66. The van der Waals surface area contributed by atoms with Crippen molar-refractivity contribution in [3.05, 3.63) is 60.6 Å². The summed E-state index contributed by atoms with van der Waals surface area (Å²) in [6.45, 7) is 1.11. The molecule has 2 amide bonds. The van der Waals surface area contributed by atoms with E-state index in [0.717, 1.165) is 6.92 Å². The van der Waals surface area contributed by atoms with E-state index in [9.17, 15) is 18.0 Å². The fourth-order valence-corrected chi connectivity index (χ4v) is 3.20. The second kappa shape index (κ2) is 6.36. The number of carbonyl (C=O) groups is 2. The number of anilines is 1. The second-order valence-electron chi connectivity index (χ2n) is 5.23. The number of hydrogen-bond acceptors (Lipinski definition) is 5. The Morgan fingerprint density at radius 2 is 1.80 bits per heavy atom. The Hall–Kier alpha value is -3.20. The van der Waals surface area contributed by atoms with E-state index in [1.807, 2.05) is 16.9 Å². The molecule has 0 unspecified atom stereocenters. The summed E-state index contributed by atoms with van der Waals surface area (Å²) in [6.07, 6.45) is 3.38. The highest BCUT2D eigenvalue weighted by molar-refractivity contribution is 7.90. The number of benzene rings is 1. The van der Waals surface area contributed by atoms with Crippen molar-refractivity contribution in [1.29, 1.82) is 0 Å². The quantitative estimate of drug-likeness (QED) is 0.733. The largest absolute Gasteiger partial charge is 0.321 e. The van der Waals surface area contributed by atoms with Gasteiger partial charge in [0.2, 0.25) is 5.91 Å². The van der Waals surface area contributed by atoms with E-state index in [4.69, 9.17) is 0 Å². The number of aromatic nitrogens is 2. The highest BCUT2D eigenvalue weighted by atomic mass is 32.2. The van der Waals surface area contributed by atoms with E-state index in [1.54, 1.807) is 22.9 Å². The van der Waals surface area contributed by atoms with Gasteiger partial charge in [0.15, 0.2) is 0 Å². The minimum atomic E-state index is -3.90. The molecule has 0 spiro atoms. The average molecular weight is 358 g/mol. The van der Waals surface area contributed by atoms with E-state index >= 15 is 0 Å². The summed E-state index contributed by atoms with van der Waals surface area (Å²) in [6, 6.07) is 10.9. The molecule has 3 aromatic rings. The van der Waals surface area contributed by atoms with Crippen molar-refractivity contribution < 1.29 is 18.0 Å². The van der Waals surface area contributed by atoms with Gasteiger partial charge in [-0.15, -0.1) is 0 Å². The normalized spacial score (nSPS) is 11.2. The number of hydrogen-bond donors (Lipinski definition) is 2. The molecular weight excluding hydrogens is 344 g/mol. The standard InChI is InChI=1S/C16H14N4O4S/c1-11(21)19-25(23,24)13-7-5-12(6-8-13)17-16(22)14-10-20-9-3-2-4-15(20)18-14/h2-10H,1H3,(H,17,22)(H,19,21). The Labute approximate surface area is 143 Å². The van der Waals surface area contributed by atoms with Gasteiger partial charge in [0.25, 0.3) is 15.9 Å². The predicted molar refractivity (Wildman–Crippen MR) is 90.6 cm³/mol. The van der Waals surface area contributed by atoms with Crippen molar-refractivity contribution in [3.8, 4) is 0 Å². The average Bonchev–Trinajstić information content (AvgIpc) is 2.98. The van der Waals surface area contributed by atoms with Crippen LogP contribution >= 0.6 is 0 Å². The van der Waals surface area contributed by atoms with Gasteiger partial charge < -0.3 is 9.72 Å². The van der Waals surface area contributed by atoms with Crippen molar-refractivity contribution >= 4 is 33.2 Å². The van der Waals surface area contributed by atoms with Crippen molar-refractivity contribution in [3.63, 3.8) is 0 Å². The molecule has 2 aromatic heterocycles. The van der Waals surface area contributed by atoms with Crippen molar-refractivity contribution in [2.75, 3.05) is 5.32 Å². The second-order valence-corrected chi connectivity index (χ2v) is 6.91. The maximum absolute atomic E-state index is 12.2. The number of imidazole rings is 1. The van der Waals surface area contributed by atoms with Gasteiger partial charge in [-0.1, -0.05) is 6.07 Å². The molecule has 0 aliphatic heterocycles. The van der Waals surface area contributed by atoms with Crippen LogP contribution in [-0.2, 0) is 14.8 Å². The molecule has 0 saturated heterocycles. The summed E-state index contributed by atoms with van der Waals surface area (Å²) in [4.78, 5) is 27.3. The molecule has 0 fully saturated rings. The minimum Gasteiger partial charge on any atom is -0.321 e. The maximum Gasteiger partial charge on any atom is 0.275 e. The lowest BCUT2D eigenvalue weighted by molar-refractivity contribution is -0.117. The summed E-state index contributed by atoms with van der Waals surface area (Å²) in [7, 11) is -3.90. The molecule has 0 atom stereocenters. The molecular formula is C16H14N4O4S. The number of sulfonamides is 1. The van der Waals surface area contributed by atoms with Gasteiger partial charge in [0.05, 0.1) is 4.90 Å². The molecule has 128 valence electrons. The topological polar surface area (TPSA) is 110 Å². The molecule has 0 aliphatic carbocycles. The van der Waals surface area contributed by atoms with E-state index in [0.29, 0.717) is 11.3 Å². The molecule has 9 heteroatoms. The van der Waals surface area contributed by atoms with Crippen LogP contribution in [0.5, 0.6) is 0 Å². The predicted octanol–water partition coefficient (Wildman–Crippen LogP) is 1.41. The molecule has 0 radical (unpaired) electrons. The van der Waals surface area contributed by atoms with Gasteiger partial charge in [0.1, 0.15) is 11.3 Å². The lowest BCUT2D eigenvalue weighted by Gasteiger charge is -2.06. The monoisotopic (exact) mass is 358 g/mol. The molecule has 0 bridgehead atoms. The van der Waals surface area contributed by atoms with Crippen molar-refractivity contribution in [1.82, 2.24) is 14.1 Å². The lowest BCUT2D eigenvalue weighted by Crippen LogP contribution is -2.28. The van der Waals surface area contributed by atoms with Crippen LogP contribution in [-0.4, -0.2) is 29.6 Å². The van der Waals surface area contributed by atoms with Crippen LogP contribution in [0.2, 0.25) is 0 Å². The summed E-state index contributed by atoms with van der Waals surface area (Å²) in [5.41, 5.74) is 1.29. The van der Waals surface area contributed by atoms with E-state index in [2.05, 4.69) is 10.3 Å². The fourth-order valence-electron chi connectivity index (χ4n) is 2.20. The summed E-state index contributed by atoms with van der Waals surface area (Å²) >= 11 is 0. The Balaban J connectivity index is 1.77. The lowest BCUT2D eigenvalue weighted by atomic mass is 10.3. The first kappa shape index (κ1) is 16.7. The van der Waals surface area contributed by atoms with Gasteiger partial charge >= 0.3 is 0 Å². The van der Waals surface area contributed by atoms with Gasteiger partial charge in [-0.3, -0.25) is 9.59 Å². The molecule has 0 aliphatic rings. The molecule has 1 aromatic carbocycles. The Bertz CT molecular complexity index is 1020. The van der Waals surface area contributed by atoms with Crippen LogP contribution in [0.25, 0.3) is 5.65 Å². The number of carbonyl (C=O) groups excluding carboxylic acids is 2. The first-order chi connectivity index (χ1) is 11.8. The number of fused-ring (bicyclic) bond motifs is 1. The SMILES string of the molecule is CC(=O)NS(=O)(=O)c1ccc(NC(=O)c2cn3ccccc3n2)cc1. The van der Waals surface area contributed by atoms with E-state index < -0.39 is 21.8 Å². The first-order valence-corrected chi connectivity index (χ1v) is 8.72. The Morgan fingerprint density at radius 3 is 2.44 bits per heavy atom. The molecule has 3 rings (SSSR count). The van der Waals surface area contributed by atoms with E-state index in [-0.39, 0.29) is 10.6 Å². The maximum atomic E-state index is 12.2. The Morgan fingerprint density at radius 1 is 1.08 bits per heavy atom. The zero-order valence-electron chi connectivity index (χ0n) is 13.1. The zero-order valence-corrected chi connectivity index (χ0v) is 13.9. The summed E-state index contributed by atoms with van der Waals surface area (Å²) < 4.78 is 27.3. The van der Waals surface area contributed by atoms with Crippen LogP contribution in [0.4, 0.5) is 5.69 Å². The summed E-state index contributed by atoms with van der Waals surface area (Å²) in [5, 5.41) is 2.64. The Kier molecular flexibility index (Phi) is 4.24. The number of pyridine rings is 1. The molecule has 2 N–H and O–H groups in total. The number of nitrogens with one attached hydrogen (secondary N) is 2. The zero-order chi connectivity index (χ0) is 18.0. The van der Waals surface area contributed by atoms with Crippen LogP contribution in [0.3, 0.4) is 0 Å². The van der Waals surface area contributed by atoms with Gasteiger partial charge in [-0.05, 0) is 36.4 Å². The third-order valence-corrected chi connectivity index (χ3v) is 4.75. The number of rotatable bonds is 4. The van der Waals surface area contributed by atoms with E-state index in [1.165, 1.54) is 24.3 Å². The smallest absolute Gasteiger partial charge is 0.275 e. The van der Waals surface area contributed by atoms with Crippen LogP contribution in [0.15, 0.2) is 59.8 Å². The van der Waals surface area contributed by atoms with Gasteiger partial charge in [0, 0.05) is 25.0 Å². The molecule has 8 nitrogen and oxygen atoms in total. The van der Waals surface area contributed by atoms with Crippen LogP contribution in [0, 0.1) is 0 Å². The molecule has 0 saturated carbocycles. The van der Waals surface area contributed by atoms with Gasteiger partial charge in [-0.2, -0.15) is 0 Å². The van der Waals surface area contributed by atoms with Crippen molar-refractivity contribution in [2.45, 2.75) is 11.8 Å². The van der Waals surface area contributed by atoms with Crippen molar-refractivity contribution in [2.24, 2.45) is 0 Å². The molecule has 2 heterocycles. The molecule has 25 heavy (non-hydrogen) atoms. The first-order valence-electron chi connectivity index (χ1n) is 7.24. The summed E-state index contributed by atoms with van der Waals surface area (Å²) in [5.74, 6) is -1.09. The highest BCUT2D eigenvalue weighted by Crippen LogP contribution is 2.15. The van der Waals surface area contributed by atoms with Gasteiger partial charge in [-0.25, -0.2) is 18.1 Å². The highest BCUT2D eigenvalue weighted by Gasteiger charge is 2.16. The van der Waals surface area contributed by atoms with Crippen LogP contribution in [0.1, 0.15) is 17.4 Å².